The first-order chi connectivity index (χ1) is 17.2. The van der Waals surface area contributed by atoms with Gasteiger partial charge in [-0.1, -0.05) is 60.7 Å². The van der Waals surface area contributed by atoms with Crippen molar-refractivity contribution >= 4 is 17.0 Å². The Bertz CT molecular complexity index is 1210. The van der Waals surface area contributed by atoms with E-state index in [1.54, 1.807) is 20.5 Å². The fourth-order valence-electron chi connectivity index (χ4n) is 4.16. The Morgan fingerprint density at radius 2 is 1.69 bits per heavy atom. The third kappa shape index (κ3) is 6.01. The first-order valence-corrected chi connectivity index (χ1v) is 11.7. The zero-order valence-corrected chi connectivity index (χ0v) is 20.1. The van der Waals surface area contributed by atoms with Gasteiger partial charge in [-0.05, 0) is 17.5 Å². The number of anilines is 1. The third-order valence-electron chi connectivity index (χ3n) is 6.00. The number of rotatable bonds is 12. The number of hydrogen-bond donors (Lipinski definition) is 1. The second-order valence-corrected chi connectivity index (χ2v) is 8.29. The number of ether oxygens (including phenoxy) is 2. The Balaban J connectivity index is 1.62. The van der Waals surface area contributed by atoms with Gasteiger partial charge in [0, 0.05) is 33.2 Å². The SMILES string of the molecule is COC[C@H](CCn1cnc2c(NCC(c3ccccc3)c3ccccc3)nc(CC#N)nc21)OC. The van der Waals surface area contributed by atoms with Gasteiger partial charge in [0.1, 0.15) is 11.3 Å². The molecule has 180 valence electrons. The molecule has 4 rings (SSSR count). The fourth-order valence-corrected chi connectivity index (χ4v) is 4.16. The standard InChI is InChI=1S/C27H30N6O2/c1-34-18-22(35-2)14-16-33-19-30-25-26(31-24(13-15-28)32-27(25)33)29-17-23(20-9-5-3-6-10-20)21-11-7-4-8-12-21/h3-12,19,22-23H,13-14,16-18H2,1-2H3,(H,29,31,32)/t22-/m0/s1. The molecule has 0 saturated heterocycles. The summed E-state index contributed by atoms with van der Waals surface area (Å²) in [6.07, 6.45) is 2.63. The largest absolute Gasteiger partial charge is 0.382 e. The topological polar surface area (TPSA) is 97.9 Å². The molecule has 2 aromatic heterocycles. The Kier molecular flexibility index (Phi) is 8.39. The number of aryl methyl sites for hydroxylation is 1. The highest BCUT2D eigenvalue weighted by molar-refractivity contribution is 5.83. The lowest BCUT2D eigenvalue weighted by atomic mass is 9.91. The van der Waals surface area contributed by atoms with E-state index in [1.165, 1.54) is 11.1 Å². The van der Waals surface area contributed by atoms with E-state index in [1.807, 2.05) is 16.7 Å². The Hall–Kier alpha value is -3.80. The molecule has 0 aliphatic rings. The lowest BCUT2D eigenvalue weighted by Gasteiger charge is -2.19. The Morgan fingerprint density at radius 3 is 2.29 bits per heavy atom. The maximum Gasteiger partial charge on any atom is 0.165 e. The van der Waals surface area contributed by atoms with E-state index in [9.17, 15) is 5.26 Å². The molecule has 8 nitrogen and oxygen atoms in total. The highest BCUT2D eigenvalue weighted by atomic mass is 16.5. The van der Waals surface area contributed by atoms with Crippen molar-refractivity contribution in [3.8, 4) is 6.07 Å². The van der Waals surface area contributed by atoms with Crippen LogP contribution in [0.4, 0.5) is 5.82 Å². The number of methoxy groups -OCH3 is 2. The van der Waals surface area contributed by atoms with Crippen LogP contribution in [0.3, 0.4) is 0 Å². The van der Waals surface area contributed by atoms with Gasteiger partial charge < -0.3 is 19.4 Å². The van der Waals surface area contributed by atoms with Crippen LogP contribution in [0, 0.1) is 11.3 Å². The van der Waals surface area contributed by atoms with Gasteiger partial charge in [-0.2, -0.15) is 5.26 Å². The van der Waals surface area contributed by atoms with Crippen LogP contribution in [0.5, 0.6) is 0 Å². The molecule has 2 heterocycles. The van der Waals surface area contributed by atoms with Gasteiger partial charge in [0.15, 0.2) is 11.5 Å². The van der Waals surface area contributed by atoms with Crippen LogP contribution in [0.1, 0.15) is 29.3 Å². The molecule has 4 aromatic rings. The quantitative estimate of drug-likeness (QED) is 0.332. The molecule has 1 atom stereocenters. The molecule has 0 radical (unpaired) electrons. The van der Waals surface area contributed by atoms with Gasteiger partial charge in [-0.15, -0.1) is 0 Å². The minimum atomic E-state index is -0.0204. The number of fused-ring (bicyclic) bond motifs is 1. The van der Waals surface area contributed by atoms with Gasteiger partial charge >= 0.3 is 0 Å². The van der Waals surface area contributed by atoms with E-state index in [2.05, 4.69) is 74.9 Å². The van der Waals surface area contributed by atoms with E-state index in [0.29, 0.717) is 42.5 Å². The summed E-state index contributed by atoms with van der Waals surface area (Å²) >= 11 is 0. The molecule has 2 aromatic carbocycles. The number of imidazole rings is 1. The van der Waals surface area contributed by atoms with Crippen LogP contribution in [0.25, 0.3) is 11.2 Å². The average Bonchev–Trinajstić information content (AvgIpc) is 3.31. The zero-order chi connectivity index (χ0) is 24.5. The molecular weight excluding hydrogens is 440 g/mol. The maximum absolute atomic E-state index is 9.28. The molecule has 0 saturated carbocycles. The lowest BCUT2D eigenvalue weighted by Crippen LogP contribution is -2.19. The van der Waals surface area contributed by atoms with Crippen LogP contribution in [-0.2, 0) is 22.4 Å². The van der Waals surface area contributed by atoms with Crippen molar-refractivity contribution in [2.24, 2.45) is 0 Å². The van der Waals surface area contributed by atoms with E-state index in [-0.39, 0.29) is 18.4 Å². The lowest BCUT2D eigenvalue weighted by molar-refractivity contribution is 0.0212. The van der Waals surface area contributed by atoms with E-state index >= 15 is 0 Å². The van der Waals surface area contributed by atoms with Gasteiger partial charge in [0.2, 0.25) is 0 Å². The summed E-state index contributed by atoms with van der Waals surface area (Å²) in [6.45, 7) is 1.81. The van der Waals surface area contributed by atoms with Crippen molar-refractivity contribution in [2.45, 2.75) is 31.4 Å². The second-order valence-electron chi connectivity index (χ2n) is 8.29. The molecular formula is C27H30N6O2. The predicted molar refractivity (Wildman–Crippen MR) is 135 cm³/mol. The first kappa shape index (κ1) is 24.3. The molecule has 1 N–H and O–H groups in total. The molecule has 35 heavy (non-hydrogen) atoms. The van der Waals surface area contributed by atoms with Gasteiger partial charge in [-0.3, -0.25) is 0 Å². The van der Waals surface area contributed by atoms with Crippen molar-refractivity contribution in [3.05, 3.63) is 83.9 Å². The zero-order valence-electron chi connectivity index (χ0n) is 20.1. The van der Waals surface area contributed by atoms with Gasteiger partial charge in [-0.25, -0.2) is 15.0 Å². The summed E-state index contributed by atoms with van der Waals surface area (Å²) in [7, 11) is 3.34. The minimum absolute atomic E-state index is 0.0204. The van der Waals surface area contributed by atoms with Crippen molar-refractivity contribution in [1.82, 2.24) is 19.5 Å². The Labute approximate surface area is 205 Å². The summed E-state index contributed by atoms with van der Waals surface area (Å²) in [6, 6.07) is 23.0. The molecule has 0 bridgehead atoms. The third-order valence-corrected chi connectivity index (χ3v) is 6.00. The molecule has 0 fully saturated rings. The van der Waals surface area contributed by atoms with E-state index in [0.717, 1.165) is 6.42 Å². The number of nitrogens with zero attached hydrogens (tertiary/aromatic N) is 5. The number of nitriles is 1. The minimum Gasteiger partial charge on any atom is -0.382 e. The number of benzene rings is 2. The van der Waals surface area contributed by atoms with Crippen molar-refractivity contribution in [1.29, 1.82) is 5.26 Å². The summed E-state index contributed by atoms with van der Waals surface area (Å²) < 4.78 is 12.7. The molecule has 0 aliphatic carbocycles. The smallest absolute Gasteiger partial charge is 0.165 e. The van der Waals surface area contributed by atoms with Crippen molar-refractivity contribution in [3.63, 3.8) is 0 Å². The predicted octanol–water partition coefficient (Wildman–Crippen LogP) is 4.19. The average molecular weight is 471 g/mol. The van der Waals surface area contributed by atoms with Crippen molar-refractivity contribution in [2.75, 3.05) is 32.7 Å². The molecule has 0 spiro atoms. The van der Waals surface area contributed by atoms with Crippen molar-refractivity contribution < 1.29 is 9.47 Å². The maximum atomic E-state index is 9.28. The van der Waals surface area contributed by atoms with Crippen LogP contribution >= 0.6 is 0 Å². The summed E-state index contributed by atoms with van der Waals surface area (Å²) in [5.74, 6) is 1.23. The first-order valence-electron chi connectivity index (χ1n) is 11.7. The number of nitrogens with one attached hydrogen (secondary N) is 1. The van der Waals surface area contributed by atoms with E-state index in [4.69, 9.17) is 9.47 Å². The number of aromatic nitrogens is 4. The summed E-state index contributed by atoms with van der Waals surface area (Å²) in [4.78, 5) is 13.9. The van der Waals surface area contributed by atoms with Gasteiger partial charge in [0.25, 0.3) is 0 Å². The molecule has 0 aliphatic heterocycles. The fraction of sp³-hybridized carbons (Fsp3) is 0.333. The van der Waals surface area contributed by atoms with Crippen LogP contribution < -0.4 is 5.32 Å². The number of hydrogen-bond acceptors (Lipinski definition) is 7. The van der Waals surface area contributed by atoms with Gasteiger partial charge in [0.05, 0.1) is 31.5 Å². The molecule has 8 heteroatoms. The van der Waals surface area contributed by atoms with Crippen LogP contribution in [0.2, 0.25) is 0 Å². The summed E-state index contributed by atoms with van der Waals surface area (Å²) in [5.41, 5.74) is 3.81. The normalized spacial score (nSPS) is 12.1. The summed E-state index contributed by atoms with van der Waals surface area (Å²) in [5, 5.41) is 12.8. The van der Waals surface area contributed by atoms with Crippen LogP contribution in [0.15, 0.2) is 67.0 Å². The monoisotopic (exact) mass is 470 g/mol. The second kappa shape index (κ2) is 12.1. The molecule has 0 amide bonds. The van der Waals surface area contributed by atoms with Crippen LogP contribution in [-0.4, -0.2) is 53.0 Å². The highest BCUT2D eigenvalue weighted by Gasteiger charge is 2.18. The van der Waals surface area contributed by atoms with E-state index < -0.39 is 0 Å². The molecule has 0 unspecified atom stereocenters. The highest BCUT2D eigenvalue weighted by Crippen LogP contribution is 2.27. The Morgan fingerprint density at radius 1 is 1.00 bits per heavy atom.